The Bertz CT molecular complexity index is 546. The number of halogens is 1. The van der Waals surface area contributed by atoms with Crippen molar-refractivity contribution in [2.24, 2.45) is 0 Å². The van der Waals surface area contributed by atoms with E-state index in [1.165, 1.54) is 0 Å². The molecule has 0 aliphatic heterocycles. The van der Waals surface area contributed by atoms with Gasteiger partial charge in [-0.3, -0.25) is 9.97 Å². The molecule has 0 aliphatic rings. The molecule has 3 nitrogen and oxygen atoms in total. The lowest BCUT2D eigenvalue weighted by molar-refractivity contribution is 0.534. The fraction of sp³-hybridized carbons (Fsp3) is 0.375. The number of hydrogen-bond acceptors (Lipinski definition) is 3. The molecular weight excluding hydrogens is 253 g/mol. The highest BCUT2D eigenvalue weighted by molar-refractivity contribution is 5.37. The smallest absolute Gasteiger partial charge is 0.128 e. The predicted molar refractivity (Wildman–Crippen MR) is 78.0 cm³/mol. The molecular formula is C16H20FN3. The van der Waals surface area contributed by atoms with Gasteiger partial charge in [-0.05, 0) is 44.0 Å². The molecule has 1 atom stereocenters. The maximum atomic E-state index is 14.4. The van der Waals surface area contributed by atoms with Crippen LogP contribution in [0.15, 0.2) is 30.7 Å². The Labute approximate surface area is 119 Å². The van der Waals surface area contributed by atoms with Crippen molar-refractivity contribution in [2.45, 2.75) is 33.2 Å². The van der Waals surface area contributed by atoms with Crippen LogP contribution >= 0.6 is 0 Å². The van der Waals surface area contributed by atoms with Crippen LogP contribution in [0.1, 0.15) is 41.8 Å². The average Bonchev–Trinajstić information content (AvgIpc) is 2.42. The monoisotopic (exact) mass is 273 g/mol. The molecule has 4 heteroatoms. The summed E-state index contributed by atoms with van der Waals surface area (Å²) in [6.45, 7) is 6.71. The third-order valence-electron chi connectivity index (χ3n) is 3.25. The van der Waals surface area contributed by atoms with Gasteiger partial charge in [-0.2, -0.15) is 0 Å². The van der Waals surface area contributed by atoms with Crippen LogP contribution in [0.3, 0.4) is 0 Å². The number of aromatic nitrogens is 2. The van der Waals surface area contributed by atoms with Gasteiger partial charge in [-0.15, -0.1) is 0 Å². The first-order valence-corrected chi connectivity index (χ1v) is 6.89. The van der Waals surface area contributed by atoms with Crippen LogP contribution in [0, 0.1) is 19.7 Å². The number of nitrogens with zero attached hydrogens (tertiary/aromatic N) is 2. The zero-order valence-electron chi connectivity index (χ0n) is 12.2. The van der Waals surface area contributed by atoms with Gasteiger partial charge < -0.3 is 5.32 Å². The van der Waals surface area contributed by atoms with Gasteiger partial charge in [-0.1, -0.05) is 13.0 Å². The normalized spacial score (nSPS) is 12.4. The summed E-state index contributed by atoms with van der Waals surface area (Å²) in [4.78, 5) is 8.41. The topological polar surface area (TPSA) is 37.8 Å². The molecule has 0 radical (unpaired) electrons. The van der Waals surface area contributed by atoms with Gasteiger partial charge in [0.15, 0.2) is 0 Å². The molecule has 106 valence electrons. The molecule has 0 amide bonds. The Morgan fingerprint density at radius 3 is 2.65 bits per heavy atom. The Kier molecular flexibility index (Phi) is 4.79. The number of rotatable bonds is 5. The Balaban J connectivity index is 2.47. The minimum Gasteiger partial charge on any atom is -0.305 e. The van der Waals surface area contributed by atoms with Crippen molar-refractivity contribution in [2.75, 3.05) is 6.54 Å². The maximum Gasteiger partial charge on any atom is 0.128 e. The largest absolute Gasteiger partial charge is 0.305 e. The summed E-state index contributed by atoms with van der Waals surface area (Å²) in [6.07, 6.45) is 5.92. The molecule has 0 saturated carbocycles. The standard InChI is InChI=1S/C16H20FN3/c1-4-5-20-16(14-10-18-6-7-19-14)15-12(3)8-11(2)9-13(15)17/h6-10,16,20H,4-5H2,1-3H3. The van der Waals surface area contributed by atoms with E-state index in [9.17, 15) is 4.39 Å². The molecule has 1 aromatic carbocycles. The molecule has 20 heavy (non-hydrogen) atoms. The SMILES string of the molecule is CCCNC(c1cnccn1)c1c(C)cc(C)cc1F. The van der Waals surface area contributed by atoms with E-state index in [1.807, 2.05) is 19.9 Å². The van der Waals surface area contributed by atoms with Gasteiger partial charge in [0.25, 0.3) is 0 Å². The van der Waals surface area contributed by atoms with Crippen LogP contribution < -0.4 is 5.32 Å². The van der Waals surface area contributed by atoms with Gasteiger partial charge in [-0.25, -0.2) is 4.39 Å². The van der Waals surface area contributed by atoms with Crippen molar-refractivity contribution >= 4 is 0 Å². The molecule has 0 fully saturated rings. The van der Waals surface area contributed by atoms with Crippen molar-refractivity contribution in [1.82, 2.24) is 15.3 Å². The lowest BCUT2D eigenvalue weighted by Crippen LogP contribution is -2.26. The first kappa shape index (κ1) is 14.6. The fourth-order valence-electron chi connectivity index (χ4n) is 2.40. The molecule has 0 aliphatic carbocycles. The lowest BCUT2D eigenvalue weighted by Gasteiger charge is -2.21. The second-order valence-electron chi connectivity index (χ2n) is 4.99. The zero-order chi connectivity index (χ0) is 14.5. The van der Waals surface area contributed by atoms with Crippen molar-refractivity contribution < 1.29 is 4.39 Å². The summed E-state index contributed by atoms with van der Waals surface area (Å²) >= 11 is 0. The maximum absolute atomic E-state index is 14.4. The molecule has 1 heterocycles. The van der Waals surface area contributed by atoms with Gasteiger partial charge in [0.1, 0.15) is 5.82 Å². The summed E-state index contributed by atoms with van der Waals surface area (Å²) < 4.78 is 14.4. The van der Waals surface area contributed by atoms with Gasteiger partial charge in [0.2, 0.25) is 0 Å². The molecule has 1 unspecified atom stereocenters. The van der Waals surface area contributed by atoms with Crippen LogP contribution in [0.5, 0.6) is 0 Å². The minimum atomic E-state index is -0.260. The zero-order valence-corrected chi connectivity index (χ0v) is 12.2. The molecule has 1 aromatic heterocycles. The van der Waals surface area contributed by atoms with Crippen molar-refractivity contribution in [3.63, 3.8) is 0 Å². The summed E-state index contributed by atoms with van der Waals surface area (Å²) in [6, 6.07) is 3.30. The van der Waals surface area contributed by atoms with Crippen LogP contribution in [-0.4, -0.2) is 16.5 Å². The van der Waals surface area contributed by atoms with Crippen molar-refractivity contribution in [3.05, 3.63) is 58.9 Å². The van der Waals surface area contributed by atoms with Crippen LogP contribution in [0.4, 0.5) is 4.39 Å². The van der Waals surface area contributed by atoms with E-state index in [-0.39, 0.29) is 11.9 Å². The van der Waals surface area contributed by atoms with Crippen molar-refractivity contribution in [1.29, 1.82) is 0 Å². The third kappa shape index (κ3) is 3.20. The molecule has 1 N–H and O–H groups in total. The summed E-state index contributed by atoms with van der Waals surface area (Å²) in [5, 5.41) is 3.36. The third-order valence-corrected chi connectivity index (χ3v) is 3.25. The highest BCUT2D eigenvalue weighted by Crippen LogP contribution is 2.27. The Morgan fingerprint density at radius 2 is 2.05 bits per heavy atom. The van der Waals surface area contributed by atoms with Gasteiger partial charge in [0.05, 0.1) is 17.9 Å². The van der Waals surface area contributed by atoms with E-state index < -0.39 is 0 Å². The summed E-state index contributed by atoms with van der Waals surface area (Å²) in [7, 11) is 0. The Morgan fingerprint density at radius 1 is 1.25 bits per heavy atom. The highest BCUT2D eigenvalue weighted by Gasteiger charge is 2.21. The van der Waals surface area contributed by atoms with E-state index in [0.717, 1.165) is 29.8 Å². The summed E-state index contributed by atoms with van der Waals surface area (Å²) in [5.74, 6) is -0.193. The van der Waals surface area contributed by atoms with E-state index in [0.29, 0.717) is 5.56 Å². The quantitative estimate of drug-likeness (QED) is 0.908. The highest BCUT2D eigenvalue weighted by atomic mass is 19.1. The molecule has 0 saturated heterocycles. The number of nitrogens with one attached hydrogen (secondary N) is 1. The van der Waals surface area contributed by atoms with Crippen LogP contribution in [0.2, 0.25) is 0 Å². The molecule has 0 spiro atoms. The summed E-state index contributed by atoms with van der Waals surface area (Å²) in [5.41, 5.74) is 3.26. The lowest BCUT2D eigenvalue weighted by atomic mass is 9.96. The van der Waals surface area contributed by atoms with Crippen molar-refractivity contribution in [3.8, 4) is 0 Å². The molecule has 2 aromatic rings. The van der Waals surface area contributed by atoms with E-state index >= 15 is 0 Å². The first-order valence-electron chi connectivity index (χ1n) is 6.89. The minimum absolute atomic E-state index is 0.193. The second-order valence-corrected chi connectivity index (χ2v) is 4.99. The van der Waals surface area contributed by atoms with E-state index in [4.69, 9.17) is 0 Å². The van der Waals surface area contributed by atoms with Gasteiger partial charge >= 0.3 is 0 Å². The fourth-order valence-corrected chi connectivity index (χ4v) is 2.40. The Hall–Kier alpha value is -1.81. The predicted octanol–water partition coefficient (Wildman–Crippen LogP) is 3.32. The van der Waals surface area contributed by atoms with Gasteiger partial charge in [0, 0.05) is 18.0 Å². The van der Waals surface area contributed by atoms with E-state index in [2.05, 4.69) is 22.2 Å². The molecule has 0 bridgehead atoms. The van der Waals surface area contributed by atoms with Crippen LogP contribution in [0.25, 0.3) is 0 Å². The van der Waals surface area contributed by atoms with E-state index in [1.54, 1.807) is 24.7 Å². The number of benzene rings is 1. The second kappa shape index (κ2) is 6.57. The molecule has 2 rings (SSSR count). The number of aryl methyl sites for hydroxylation is 2. The van der Waals surface area contributed by atoms with Crippen LogP contribution in [-0.2, 0) is 0 Å². The first-order chi connectivity index (χ1) is 9.63. The number of hydrogen-bond donors (Lipinski definition) is 1. The average molecular weight is 273 g/mol.